The van der Waals surface area contributed by atoms with Crippen LogP contribution in [0.1, 0.15) is 104 Å². The van der Waals surface area contributed by atoms with E-state index in [1.54, 1.807) is 0 Å². The van der Waals surface area contributed by atoms with Gasteiger partial charge in [-0.3, -0.25) is 0 Å². The van der Waals surface area contributed by atoms with Gasteiger partial charge >= 0.3 is 267 Å². The topological polar surface area (TPSA) is 67.0 Å². The molecule has 1 saturated heterocycles. The van der Waals surface area contributed by atoms with Crippen molar-refractivity contribution in [2.24, 2.45) is 0 Å². The van der Waals surface area contributed by atoms with Crippen molar-refractivity contribution in [3.8, 4) is 11.1 Å². The molecule has 0 bridgehead atoms. The first kappa shape index (κ1) is 33.7. The summed E-state index contributed by atoms with van der Waals surface area (Å²) in [5, 5.41) is 10.8. The summed E-state index contributed by atoms with van der Waals surface area (Å²) in [5.74, 6) is 0. The van der Waals surface area contributed by atoms with Crippen LogP contribution in [-0.4, -0.2) is 67.0 Å². The number of nitrogens with zero attached hydrogens (tertiary/aromatic N) is 5. The van der Waals surface area contributed by atoms with Crippen molar-refractivity contribution in [1.82, 2.24) is 24.5 Å². The number of rotatable bonds is 18. The molecule has 3 aromatic heterocycles. The Morgan fingerprint density at radius 3 is 2.31 bits per heavy atom. The van der Waals surface area contributed by atoms with Gasteiger partial charge in [0.2, 0.25) is 0 Å². The summed E-state index contributed by atoms with van der Waals surface area (Å²) < 4.78 is 18.2. The van der Waals surface area contributed by atoms with Crippen LogP contribution in [-0.2, 0) is 16.2 Å². The second kappa shape index (κ2) is 16.2. The Morgan fingerprint density at radius 1 is 0.976 bits per heavy atom. The molecule has 2 radical (unpaired) electrons. The van der Waals surface area contributed by atoms with E-state index in [9.17, 15) is 0 Å². The van der Waals surface area contributed by atoms with Crippen LogP contribution >= 0.6 is 0 Å². The Kier molecular flexibility index (Phi) is 13.0. The Labute approximate surface area is 265 Å². The van der Waals surface area contributed by atoms with Crippen molar-refractivity contribution in [2.75, 3.05) is 13.2 Å². The summed E-state index contributed by atoms with van der Waals surface area (Å²) >= 11 is -1.08. The van der Waals surface area contributed by atoms with Gasteiger partial charge in [-0.2, -0.15) is 0 Å². The van der Waals surface area contributed by atoms with E-state index in [2.05, 4.69) is 63.7 Å². The van der Waals surface area contributed by atoms with Gasteiger partial charge < -0.3 is 0 Å². The molecule has 0 amide bonds. The maximum atomic E-state index is 6.26. The fourth-order valence-electron chi connectivity index (χ4n) is 5.97. The molecule has 0 N–H and O–H groups in total. The molecule has 1 atom stereocenters. The predicted octanol–water partition coefficient (Wildman–Crippen LogP) is 8.37. The molecule has 0 aliphatic carbocycles. The first-order chi connectivity index (χ1) is 20.3. The summed E-state index contributed by atoms with van der Waals surface area (Å²) in [5.41, 5.74) is 3.42. The van der Waals surface area contributed by atoms with Gasteiger partial charge in [0.05, 0.1) is 0 Å². The fourth-order valence-corrected chi connectivity index (χ4v) is 12.2. The zero-order chi connectivity index (χ0) is 30.0. The number of hydrogen-bond acceptors (Lipinski definition) is 5. The van der Waals surface area contributed by atoms with E-state index in [1.807, 2.05) is 10.9 Å². The van der Waals surface area contributed by atoms with Crippen molar-refractivity contribution >= 4 is 43.8 Å². The van der Waals surface area contributed by atoms with Gasteiger partial charge in [-0.15, -0.1) is 0 Å². The standard InChI is InChI=1S/C20H28N5O2Si.C13H27.Sn/c1-28(2,3)9-8-26-15-25-19-13-21-11-17(18(19)12-23-25)16-10-22-24(14-16)20-6-4-5-7-27-20;1-4-7-10-13(11-8-5-2)12-9-6-3;/h10-12,14,20H,4-9,15H2,1-3H3;4-12H2,1-3H3;. The third-order valence-corrected chi connectivity index (χ3v) is 15.7. The molecule has 4 heterocycles. The molecule has 232 valence electrons. The number of ether oxygens (including phenoxy) is 2. The molecule has 0 spiro atoms. The van der Waals surface area contributed by atoms with Crippen LogP contribution < -0.4 is 3.71 Å². The molecular weight excluding hydrogens is 645 g/mol. The maximum absolute atomic E-state index is 6.26. The average molecular weight is 701 g/mol. The SMILES string of the molecule is CCCC[C](CCCC)(CCCC)[Sn][c]1ncc(-c2cnn(C3CCCCO3)c2)c2cnn(COCC[Si](C)(C)C)c12. The van der Waals surface area contributed by atoms with Crippen LogP contribution in [0.15, 0.2) is 24.8 Å². The molecule has 3 aromatic rings. The van der Waals surface area contributed by atoms with Gasteiger partial charge in [0.25, 0.3) is 0 Å². The normalized spacial score (nSPS) is 16.5. The molecular formula is C33H55N5O2SiSn. The van der Waals surface area contributed by atoms with Gasteiger partial charge in [-0.05, 0) is 0 Å². The molecule has 0 aromatic carbocycles. The van der Waals surface area contributed by atoms with E-state index >= 15 is 0 Å². The molecule has 1 fully saturated rings. The van der Waals surface area contributed by atoms with Crippen molar-refractivity contribution in [3.05, 3.63) is 24.8 Å². The first-order valence-corrected chi connectivity index (χ1v) is 23.2. The molecule has 9 heteroatoms. The third kappa shape index (κ3) is 9.14. The monoisotopic (exact) mass is 701 g/mol. The van der Waals surface area contributed by atoms with Crippen LogP contribution in [0.3, 0.4) is 0 Å². The van der Waals surface area contributed by atoms with Gasteiger partial charge in [-0.1, -0.05) is 0 Å². The second-order valence-corrected chi connectivity index (χ2v) is 24.2. The van der Waals surface area contributed by atoms with E-state index in [0.29, 0.717) is 10.2 Å². The fraction of sp³-hybridized carbons (Fsp3) is 0.727. The summed E-state index contributed by atoms with van der Waals surface area (Å²) in [6, 6.07) is 1.16. The summed E-state index contributed by atoms with van der Waals surface area (Å²) in [6.45, 7) is 16.3. The van der Waals surface area contributed by atoms with Gasteiger partial charge in [0.15, 0.2) is 0 Å². The van der Waals surface area contributed by atoms with E-state index in [-0.39, 0.29) is 6.23 Å². The Morgan fingerprint density at radius 2 is 1.69 bits per heavy atom. The predicted molar refractivity (Wildman–Crippen MR) is 178 cm³/mol. The number of fused-ring (bicyclic) bond motifs is 1. The number of unbranched alkanes of at least 4 members (excludes halogenated alkanes) is 3. The van der Waals surface area contributed by atoms with Crippen LogP contribution in [0.2, 0.25) is 29.1 Å². The minimum absolute atomic E-state index is 0.0306. The number of aromatic nitrogens is 5. The van der Waals surface area contributed by atoms with Gasteiger partial charge in [0.1, 0.15) is 0 Å². The summed E-state index contributed by atoms with van der Waals surface area (Å²) in [4.78, 5) is 5.31. The molecule has 1 unspecified atom stereocenters. The summed E-state index contributed by atoms with van der Waals surface area (Å²) in [6.07, 6.45) is 23.4. The first-order valence-electron chi connectivity index (χ1n) is 16.7. The van der Waals surface area contributed by atoms with Crippen LogP contribution in [0.4, 0.5) is 0 Å². The van der Waals surface area contributed by atoms with E-state index in [1.165, 1.54) is 78.8 Å². The molecule has 7 nitrogen and oxygen atoms in total. The molecule has 1 aliphatic rings. The molecule has 0 saturated carbocycles. The minimum atomic E-state index is -1.16. The Hall–Kier alpha value is -1.23. The van der Waals surface area contributed by atoms with Crippen molar-refractivity contribution in [2.45, 2.75) is 140 Å². The second-order valence-electron chi connectivity index (χ2n) is 13.5. The van der Waals surface area contributed by atoms with Crippen LogP contribution in [0.5, 0.6) is 0 Å². The van der Waals surface area contributed by atoms with Crippen LogP contribution in [0, 0.1) is 0 Å². The third-order valence-electron chi connectivity index (χ3n) is 8.66. The van der Waals surface area contributed by atoms with Crippen molar-refractivity contribution < 1.29 is 9.47 Å². The number of pyridine rings is 1. The van der Waals surface area contributed by atoms with Crippen molar-refractivity contribution in [3.63, 3.8) is 0 Å². The Bertz CT molecular complexity index is 1210. The van der Waals surface area contributed by atoms with Gasteiger partial charge in [0, 0.05) is 0 Å². The zero-order valence-corrected chi connectivity index (χ0v) is 31.1. The van der Waals surface area contributed by atoms with E-state index in [0.717, 1.165) is 43.2 Å². The zero-order valence-electron chi connectivity index (χ0n) is 27.3. The van der Waals surface area contributed by atoms with E-state index in [4.69, 9.17) is 24.7 Å². The quantitative estimate of drug-likeness (QED) is 0.0986. The van der Waals surface area contributed by atoms with E-state index < -0.39 is 29.2 Å². The Balaban J connectivity index is 1.72. The molecule has 4 rings (SSSR count). The molecule has 42 heavy (non-hydrogen) atoms. The van der Waals surface area contributed by atoms with Crippen LogP contribution in [0.25, 0.3) is 22.0 Å². The number of hydrogen-bond donors (Lipinski definition) is 0. The van der Waals surface area contributed by atoms with Crippen molar-refractivity contribution in [1.29, 1.82) is 0 Å². The molecule has 1 aliphatic heterocycles. The average Bonchev–Trinajstić information content (AvgIpc) is 3.65. The summed E-state index contributed by atoms with van der Waals surface area (Å²) in [7, 11) is -1.16. The van der Waals surface area contributed by atoms with Gasteiger partial charge in [-0.25, -0.2) is 0 Å².